The smallest absolute Gasteiger partial charge is 0.339 e. The second kappa shape index (κ2) is 5.55. The molecule has 2 heterocycles. The summed E-state index contributed by atoms with van der Waals surface area (Å²) in [7, 11) is 1.33. The number of ether oxygens (including phenoxy) is 1. The van der Waals surface area contributed by atoms with Gasteiger partial charge in [0.05, 0.1) is 12.7 Å². The fraction of sp³-hybridized carbons (Fsp3) is 0.400. The summed E-state index contributed by atoms with van der Waals surface area (Å²) in [5.74, 6) is -0.449. The largest absolute Gasteiger partial charge is 0.465 e. The third-order valence-electron chi connectivity index (χ3n) is 3.91. The van der Waals surface area contributed by atoms with E-state index in [0.29, 0.717) is 11.3 Å². The summed E-state index contributed by atoms with van der Waals surface area (Å²) in [6.45, 7) is 0. The Balaban J connectivity index is 2.17. The molecule has 21 heavy (non-hydrogen) atoms. The molecule has 0 aliphatic heterocycles. The van der Waals surface area contributed by atoms with Crippen LogP contribution in [-0.2, 0) is 4.74 Å². The molecule has 0 N–H and O–H groups in total. The third-order valence-corrected chi connectivity index (χ3v) is 3.91. The Labute approximate surface area is 122 Å². The minimum absolute atomic E-state index is 0.127. The number of hydrogen-bond donors (Lipinski definition) is 0. The van der Waals surface area contributed by atoms with Crippen LogP contribution in [0.1, 0.15) is 42.1 Å². The highest BCUT2D eigenvalue weighted by molar-refractivity contribution is 5.89. The van der Waals surface area contributed by atoms with Crippen molar-refractivity contribution in [3.8, 4) is 5.69 Å². The van der Waals surface area contributed by atoms with Gasteiger partial charge in [0.2, 0.25) is 0 Å². The Morgan fingerprint density at radius 1 is 1.38 bits per heavy atom. The van der Waals surface area contributed by atoms with Crippen molar-refractivity contribution in [2.75, 3.05) is 7.11 Å². The maximum Gasteiger partial charge on any atom is 0.339 e. The van der Waals surface area contributed by atoms with Crippen LogP contribution >= 0.6 is 0 Å². The SMILES string of the molecule is COC(=O)c1cc(-n2cccn2)c(=O)n(C2CCCC2)c1. The molecule has 0 bridgehead atoms. The molecule has 2 aromatic heterocycles. The van der Waals surface area contributed by atoms with E-state index in [1.807, 2.05) is 0 Å². The molecule has 1 aliphatic carbocycles. The monoisotopic (exact) mass is 287 g/mol. The molecule has 1 fully saturated rings. The van der Waals surface area contributed by atoms with Crippen LogP contribution in [0.4, 0.5) is 0 Å². The van der Waals surface area contributed by atoms with Gasteiger partial charge in [-0.3, -0.25) is 4.79 Å². The second-order valence-corrected chi connectivity index (χ2v) is 5.21. The van der Waals surface area contributed by atoms with E-state index in [-0.39, 0.29) is 11.6 Å². The minimum atomic E-state index is -0.449. The molecule has 1 saturated carbocycles. The number of nitrogens with zero attached hydrogens (tertiary/aromatic N) is 3. The number of hydrogen-bond acceptors (Lipinski definition) is 4. The molecular formula is C15H17N3O3. The van der Waals surface area contributed by atoms with E-state index in [1.54, 1.807) is 29.2 Å². The van der Waals surface area contributed by atoms with Gasteiger partial charge in [-0.25, -0.2) is 9.48 Å². The van der Waals surface area contributed by atoms with E-state index < -0.39 is 5.97 Å². The van der Waals surface area contributed by atoms with Gasteiger partial charge in [-0.05, 0) is 25.0 Å². The normalized spacial score (nSPS) is 15.3. The zero-order valence-corrected chi connectivity index (χ0v) is 11.9. The van der Waals surface area contributed by atoms with Gasteiger partial charge in [0.25, 0.3) is 5.56 Å². The first-order chi connectivity index (χ1) is 10.2. The lowest BCUT2D eigenvalue weighted by Crippen LogP contribution is -2.28. The maximum atomic E-state index is 12.7. The summed E-state index contributed by atoms with van der Waals surface area (Å²) in [4.78, 5) is 24.5. The average molecular weight is 287 g/mol. The number of methoxy groups -OCH3 is 1. The van der Waals surface area contributed by atoms with Gasteiger partial charge in [-0.1, -0.05) is 12.8 Å². The lowest BCUT2D eigenvalue weighted by atomic mass is 10.2. The molecule has 0 saturated heterocycles. The number of carbonyl (C=O) groups excluding carboxylic acids is 1. The molecular weight excluding hydrogens is 270 g/mol. The molecule has 0 amide bonds. The van der Waals surface area contributed by atoms with Gasteiger partial charge in [-0.15, -0.1) is 0 Å². The Kier molecular flexibility index (Phi) is 3.60. The average Bonchev–Trinajstić information content (AvgIpc) is 3.19. The van der Waals surface area contributed by atoms with E-state index in [2.05, 4.69) is 5.10 Å². The van der Waals surface area contributed by atoms with Crippen LogP contribution in [0.5, 0.6) is 0 Å². The standard InChI is InChI=1S/C15H17N3O3/c1-21-15(20)11-9-13(18-8-4-7-16-18)14(19)17(10-11)12-5-2-3-6-12/h4,7-10,12H,2-3,5-6H2,1H3. The zero-order valence-electron chi connectivity index (χ0n) is 11.9. The number of carbonyl (C=O) groups is 1. The summed E-state index contributed by atoms with van der Waals surface area (Å²) >= 11 is 0. The summed E-state index contributed by atoms with van der Waals surface area (Å²) in [5.41, 5.74) is 0.613. The summed E-state index contributed by atoms with van der Waals surface area (Å²) in [6.07, 6.45) is 9.04. The van der Waals surface area contributed by atoms with Crippen molar-refractivity contribution in [3.05, 3.63) is 46.6 Å². The predicted octanol–water partition coefficient (Wildman–Crippen LogP) is 1.94. The first-order valence-electron chi connectivity index (χ1n) is 7.05. The molecule has 6 nitrogen and oxygen atoms in total. The Morgan fingerprint density at radius 3 is 2.76 bits per heavy atom. The van der Waals surface area contributed by atoms with Crippen LogP contribution in [0.25, 0.3) is 5.69 Å². The molecule has 0 radical (unpaired) electrons. The van der Waals surface area contributed by atoms with Gasteiger partial charge in [0.1, 0.15) is 5.69 Å². The number of esters is 1. The Morgan fingerprint density at radius 2 is 2.14 bits per heavy atom. The van der Waals surface area contributed by atoms with E-state index in [4.69, 9.17) is 4.74 Å². The van der Waals surface area contributed by atoms with Crippen molar-refractivity contribution in [1.82, 2.24) is 14.3 Å². The molecule has 1 aliphatic rings. The van der Waals surface area contributed by atoms with Crippen LogP contribution in [0.3, 0.4) is 0 Å². The molecule has 6 heteroatoms. The molecule has 0 spiro atoms. The van der Waals surface area contributed by atoms with Crippen molar-refractivity contribution in [3.63, 3.8) is 0 Å². The molecule has 3 rings (SSSR count). The predicted molar refractivity (Wildman–Crippen MR) is 76.7 cm³/mol. The van der Waals surface area contributed by atoms with Gasteiger partial charge in [0, 0.05) is 24.6 Å². The van der Waals surface area contributed by atoms with Crippen molar-refractivity contribution in [2.24, 2.45) is 0 Å². The van der Waals surface area contributed by atoms with Crippen molar-refractivity contribution in [2.45, 2.75) is 31.7 Å². The Bertz CT molecular complexity index is 697. The second-order valence-electron chi connectivity index (χ2n) is 5.21. The maximum absolute atomic E-state index is 12.7. The van der Waals surface area contributed by atoms with E-state index >= 15 is 0 Å². The van der Waals surface area contributed by atoms with E-state index in [0.717, 1.165) is 25.7 Å². The highest BCUT2D eigenvalue weighted by Gasteiger charge is 2.22. The molecule has 0 atom stereocenters. The topological polar surface area (TPSA) is 66.1 Å². The van der Waals surface area contributed by atoms with Crippen molar-refractivity contribution < 1.29 is 9.53 Å². The van der Waals surface area contributed by atoms with Crippen LogP contribution in [0.15, 0.2) is 35.5 Å². The lowest BCUT2D eigenvalue weighted by molar-refractivity contribution is 0.0599. The summed E-state index contributed by atoms with van der Waals surface area (Å²) in [6, 6.07) is 3.42. The Hall–Kier alpha value is -2.37. The van der Waals surface area contributed by atoms with E-state index in [9.17, 15) is 9.59 Å². The van der Waals surface area contributed by atoms with Crippen LogP contribution in [-0.4, -0.2) is 27.4 Å². The third kappa shape index (κ3) is 2.49. The number of pyridine rings is 1. The first-order valence-corrected chi connectivity index (χ1v) is 7.05. The number of rotatable bonds is 3. The van der Waals surface area contributed by atoms with Crippen LogP contribution in [0, 0.1) is 0 Å². The molecule has 0 aromatic carbocycles. The zero-order chi connectivity index (χ0) is 14.8. The molecule has 110 valence electrons. The van der Waals surface area contributed by atoms with Crippen molar-refractivity contribution in [1.29, 1.82) is 0 Å². The van der Waals surface area contributed by atoms with Gasteiger partial charge in [-0.2, -0.15) is 5.10 Å². The van der Waals surface area contributed by atoms with E-state index in [1.165, 1.54) is 17.9 Å². The highest BCUT2D eigenvalue weighted by Crippen LogP contribution is 2.28. The highest BCUT2D eigenvalue weighted by atomic mass is 16.5. The van der Waals surface area contributed by atoms with Crippen LogP contribution in [0.2, 0.25) is 0 Å². The number of aromatic nitrogens is 3. The minimum Gasteiger partial charge on any atom is -0.465 e. The fourth-order valence-electron chi connectivity index (χ4n) is 2.85. The molecule has 0 unspecified atom stereocenters. The first kappa shape index (κ1) is 13.6. The molecule has 2 aromatic rings. The van der Waals surface area contributed by atoms with Gasteiger partial charge < -0.3 is 9.30 Å². The van der Waals surface area contributed by atoms with Crippen LogP contribution < -0.4 is 5.56 Å². The lowest BCUT2D eigenvalue weighted by Gasteiger charge is -2.16. The van der Waals surface area contributed by atoms with Crippen molar-refractivity contribution >= 4 is 5.97 Å². The fourth-order valence-corrected chi connectivity index (χ4v) is 2.85. The summed E-state index contributed by atoms with van der Waals surface area (Å²) in [5, 5.41) is 4.09. The van der Waals surface area contributed by atoms with Gasteiger partial charge in [0.15, 0.2) is 0 Å². The quantitative estimate of drug-likeness (QED) is 0.809. The summed E-state index contributed by atoms with van der Waals surface area (Å²) < 4.78 is 7.93. The van der Waals surface area contributed by atoms with Gasteiger partial charge >= 0.3 is 5.97 Å².